The summed E-state index contributed by atoms with van der Waals surface area (Å²) in [4.78, 5) is 44.8. The highest BCUT2D eigenvalue weighted by Crippen LogP contribution is 2.38. The molecule has 3 aromatic carbocycles. The summed E-state index contributed by atoms with van der Waals surface area (Å²) in [7, 11) is 3.08. The number of rotatable bonds is 10. The zero-order chi connectivity index (χ0) is 32.4. The lowest BCUT2D eigenvalue weighted by atomic mass is 9.83. The number of hydrogen-bond donors (Lipinski definition) is 2. The number of amides is 1. The molecule has 2 aromatic heterocycles. The van der Waals surface area contributed by atoms with Crippen LogP contribution in [0.3, 0.4) is 0 Å². The zero-order valence-corrected chi connectivity index (χ0v) is 26.8. The number of halogens is 1. The molecule has 0 aliphatic heterocycles. The van der Waals surface area contributed by atoms with Gasteiger partial charge in [0.05, 0.1) is 18.6 Å². The van der Waals surface area contributed by atoms with Crippen LogP contribution in [0.15, 0.2) is 88.5 Å². The van der Waals surface area contributed by atoms with Crippen LogP contribution in [-0.2, 0) is 31.9 Å². The van der Waals surface area contributed by atoms with Gasteiger partial charge in [-0.15, -0.1) is 0 Å². The van der Waals surface area contributed by atoms with Gasteiger partial charge in [-0.2, -0.15) is 0 Å². The first-order valence-electron chi connectivity index (χ1n) is 15.7. The average Bonchev–Trinajstić information content (AvgIpc) is 3.73. The Balaban J connectivity index is 1.34. The van der Waals surface area contributed by atoms with Gasteiger partial charge in [0, 0.05) is 32.1 Å². The van der Waals surface area contributed by atoms with Crippen LogP contribution in [0.1, 0.15) is 65.7 Å². The second-order valence-corrected chi connectivity index (χ2v) is 12.6. The molecule has 1 amide bonds. The second kappa shape index (κ2) is 13.5. The monoisotopic (exact) mass is 639 g/mol. The molecule has 5 aromatic rings. The first-order chi connectivity index (χ1) is 22.3. The van der Waals surface area contributed by atoms with E-state index in [4.69, 9.17) is 16.6 Å². The molecule has 238 valence electrons. The largest absolute Gasteiger partial charge is 0.394 e. The highest BCUT2D eigenvalue weighted by molar-refractivity contribution is 6.31. The van der Waals surface area contributed by atoms with E-state index in [1.54, 1.807) is 7.05 Å². The number of aliphatic hydroxyl groups excluding tert-OH is 1. The van der Waals surface area contributed by atoms with Crippen LogP contribution in [0, 0.1) is 5.92 Å². The number of carbonyl (C=O) groups is 1. The maximum absolute atomic E-state index is 13.8. The standard InChI is InChI=1S/C36H38ClN5O4/c1-40-33-32(35(45)41(2)36(40)46)42(30(39-33)20-27-14-8-9-15-28(27)37)21-23-16-18-26(19-17-23)31(25-12-6-7-13-25)34(44)38-29(22-43)24-10-4-3-5-11-24/h3-5,8-11,14-19,25,29,31,43H,6-7,12-13,20-22H2,1-2H3,(H,38,44). The Morgan fingerprint density at radius 3 is 2.28 bits per heavy atom. The molecule has 1 aliphatic rings. The summed E-state index contributed by atoms with van der Waals surface area (Å²) >= 11 is 6.50. The lowest BCUT2D eigenvalue weighted by molar-refractivity contribution is -0.124. The van der Waals surface area contributed by atoms with Crippen molar-refractivity contribution in [2.24, 2.45) is 20.0 Å². The number of carbonyl (C=O) groups excluding carboxylic acids is 1. The number of nitrogens with one attached hydrogen (secondary N) is 1. The normalized spacial score (nSPS) is 14.9. The maximum Gasteiger partial charge on any atom is 0.332 e. The molecule has 2 heterocycles. The van der Waals surface area contributed by atoms with E-state index in [2.05, 4.69) is 5.32 Å². The smallest absolute Gasteiger partial charge is 0.332 e. The number of nitrogens with zero attached hydrogens (tertiary/aromatic N) is 4. The molecular weight excluding hydrogens is 602 g/mol. The average molecular weight is 640 g/mol. The fourth-order valence-electron chi connectivity index (χ4n) is 6.73. The van der Waals surface area contributed by atoms with Crippen molar-refractivity contribution in [3.05, 3.63) is 133 Å². The number of aryl methyl sites for hydroxylation is 1. The predicted molar refractivity (Wildman–Crippen MR) is 179 cm³/mol. The van der Waals surface area contributed by atoms with E-state index in [1.807, 2.05) is 83.4 Å². The van der Waals surface area contributed by atoms with E-state index in [9.17, 15) is 19.5 Å². The van der Waals surface area contributed by atoms with Gasteiger partial charge < -0.3 is 15.0 Å². The summed E-state index contributed by atoms with van der Waals surface area (Å²) in [5.74, 6) is 0.394. The minimum atomic E-state index is -0.485. The van der Waals surface area contributed by atoms with Gasteiger partial charge in [-0.25, -0.2) is 9.78 Å². The molecule has 0 spiro atoms. The Hall–Kier alpha value is -4.47. The second-order valence-electron chi connectivity index (χ2n) is 12.2. The third kappa shape index (κ3) is 6.17. The van der Waals surface area contributed by atoms with Gasteiger partial charge in [0.2, 0.25) is 5.91 Å². The quantitative estimate of drug-likeness (QED) is 0.227. The van der Waals surface area contributed by atoms with Gasteiger partial charge in [-0.1, -0.05) is 97.2 Å². The third-order valence-electron chi connectivity index (χ3n) is 9.27. The van der Waals surface area contributed by atoms with E-state index in [-0.39, 0.29) is 24.3 Å². The zero-order valence-electron chi connectivity index (χ0n) is 26.0. The molecule has 0 saturated heterocycles. The Labute approximate surface area is 272 Å². The molecule has 9 nitrogen and oxygen atoms in total. The molecule has 10 heteroatoms. The van der Waals surface area contributed by atoms with Crippen molar-refractivity contribution < 1.29 is 9.90 Å². The number of imidazole rings is 1. The van der Waals surface area contributed by atoms with E-state index in [0.717, 1.165) is 52.5 Å². The molecule has 1 fully saturated rings. The summed E-state index contributed by atoms with van der Waals surface area (Å²) in [5.41, 5.74) is 3.37. The summed E-state index contributed by atoms with van der Waals surface area (Å²) in [5, 5.41) is 13.8. The number of hydrogen-bond acceptors (Lipinski definition) is 5. The van der Waals surface area contributed by atoms with Crippen molar-refractivity contribution in [1.29, 1.82) is 0 Å². The van der Waals surface area contributed by atoms with Crippen molar-refractivity contribution in [3.8, 4) is 0 Å². The van der Waals surface area contributed by atoms with Gasteiger partial charge >= 0.3 is 5.69 Å². The first kappa shape index (κ1) is 31.5. The maximum atomic E-state index is 13.8. The Kier molecular flexibility index (Phi) is 9.24. The molecule has 2 atom stereocenters. The number of aliphatic hydroxyl groups is 1. The Morgan fingerprint density at radius 1 is 0.935 bits per heavy atom. The van der Waals surface area contributed by atoms with Gasteiger partial charge in [-0.3, -0.25) is 18.7 Å². The predicted octanol–water partition coefficient (Wildman–Crippen LogP) is 4.85. The van der Waals surface area contributed by atoms with Crippen LogP contribution in [0.2, 0.25) is 5.02 Å². The van der Waals surface area contributed by atoms with Gasteiger partial charge in [0.1, 0.15) is 5.82 Å². The van der Waals surface area contributed by atoms with E-state index >= 15 is 0 Å². The fraction of sp³-hybridized carbons (Fsp3) is 0.333. The van der Waals surface area contributed by atoms with E-state index < -0.39 is 17.3 Å². The SMILES string of the molecule is Cn1c(=O)c2c(nc(Cc3ccccc3Cl)n2Cc2ccc(C(C(=O)NC(CO)c3ccccc3)C3CCCC3)cc2)n(C)c1=O. The van der Waals surface area contributed by atoms with Crippen molar-refractivity contribution >= 4 is 28.7 Å². The summed E-state index contributed by atoms with van der Waals surface area (Å²) in [6.45, 7) is 0.150. The topological polar surface area (TPSA) is 111 Å². The van der Waals surface area contributed by atoms with Crippen LogP contribution >= 0.6 is 11.6 Å². The number of fused-ring (bicyclic) bond motifs is 1. The minimum Gasteiger partial charge on any atom is -0.394 e. The molecule has 1 saturated carbocycles. The Bertz CT molecular complexity index is 1970. The van der Waals surface area contributed by atoms with Crippen molar-refractivity contribution in [3.63, 3.8) is 0 Å². The van der Waals surface area contributed by atoms with Crippen molar-refractivity contribution in [2.75, 3.05) is 6.61 Å². The van der Waals surface area contributed by atoms with Crippen molar-refractivity contribution in [1.82, 2.24) is 24.0 Å². The van der Waals surface area contributed by atoms with Gasteiger partial charge in [0.25, 0.3) is 5.56 Å². The highest BCUT2D eigenvalue weighted by Gasteiger charge is 2.33. The summed E-state index contributed by atoms with van der Waals surface area (Å²) in [6, 6.07) is 24.5. The summed E-state index contributed by atoms with van der Waals surface area (Å²) in [6.07, 6.45) is 4.51. The molecule has 2 N–H and O–H groups in total. The third-order valence-corrected chi connectivity index (χ3v) is 9.64. The molecule has 6 rings (SSSR count). The number of aromatic nitrogens is 4. The summed E-state index contributed by atoms with van der Waals surface area (Å²) < 4.78 is 4.36. The molecule has 0 radical (unpaired) electrons. The van der Waals surface area contributed by atoms with Crippen LogP contribution in [0.4, 0.5) is 0 Å². The van der Waals surface area contributed by atoms with Crippen LogP contribution < -0.4 is 16.6 Å². The van der Waals surface area contributed by atoms with Gasteiger partial charge in [-0.05, 0) is 47.1 Å². The minimum absolute atomic E-state index is 0.0883. The fourth-order valence-corrected chi connectivity index (χ4v) is 6.93. The molecule has 0 bridgehead atoms. The van der Waals surface area contributed by atoms with Crippen LogP contribution in [0.5, 0.6) is 0 Å². The highest BCUT2D eigenvalue weighted by atomic mass is 35.5. The molecule has 1 aliphatic carbocycles. The lowest BCUT2D eigenvalue weighted by Gasteiger charge is -2.26. The molecule has 2 unspecified atom stereocenters. The first-order valence-corrected chi connectivity index (χ1v) is 16.1. The van der Waals surface area contributed by atoms with Crippen LogP contribution in [-0.4, -0.2) is 36.3 Å². The molecular formula is C36H38ClN5O4. The Morgan fingerprint density at radius 2 is 1.61 bits per heavy atom. The van der Waals surface area contributed by atoms with Crippen LogP contribution in [0.25, 0.3) is 11.2 Å². The number of benzene rings is 3. The molecule has 46 heavy (non-hydrogen) atoms. The van der Waals surface area contributed by atoms with Crippen molar-refractivity contribution in [2.45, 2.75) is 50.6 Å². The lowest BCUT2D eigenvalue weighted by Crippen LogP contribution is -2.37. The van der Waals surface area contributed by atoms with E-state index in [1.165, 1.54) is 11.6 Å². The van der Waals surface area contributed by atoms with Gasteiger partial charge in [0.15, 0.2) is 11.2 Å². The van der Waals surface area contributed by atoms with E-state index in [0.29, 0.717) is 35.0 Å².